The molecule has 1 unspecified atom stereocenters. The van der Waals surface area contributed by atoms with Crippen LogP contribution in [0.15, 0.2) is 35.7 Å². The molecule has 1 aromatic heterocycles. The minimum atomic E-state index is -0.296. The van der Waals surface area contributed by atoms with E-state index in [4.69, 9.17) is 0 Å². The van der Waals surface area contributed by atoms with Crippen molar-refractivity contribution in [3.8, 4) is 0 Å². The minimum absolute atomic E-state index is 0.0498. The van der Waals surface area contributed by atoms with Gasteiger partial charge in [0.1, 0.15) is 12.4 Å². The standard InChI is InChI=1S/C22H28FN3O2S/c1-4-5-12-25(22(28)24(2)3)15-20(27)26-13-10-19-18(11-14-29-19)21(26)16-6-8-17(23)9-7-16/h6-9,11,14,21H,4-5,10,12-13,15H2,1-3H3. The van der Waals surface area contributed by atoms with Crippen molar-refractivity contribution in [1.29, 1.82) is 0 Å². The zero-order valence-electron chi connectivity index (χ0n) is 17.2. The second-order valence-electron chi connectivity index (χ2n) is 7.54. The fraction of sp³-hybridized carbons (Fsp3) is 0.455. The van der Waals surface area contributed by atoms with Crippen molar-refractivity contribution in [2.45, 2.75) is 32.2 Å². The molecule has 1 aliphatic heterocycles. The molecule has 0 N–H and O–H groups in total. The van der Waals surface area contributed by atoms with Gasteiger partial charge in [-0.1, -0.05) is 25.5 Å². The van der Waals surface area contributed by atoms with E-state index in [0.29, 0.717) is 13.1 Å². The van der Waals surface area contributed by atoms with Crippen molar-refractivity contribution in [2.75, 3.05) is 33.7 Å². The van der Waals surface area contributed by atoms with Crippen LogP contribution in [-0.2, 0) is 11.2 Å². The molecule has 0 saturated carbocycles. The van der Waals surface area contributed by atoms with E-state index in [1.165, 1.54) is 21.9 Å². The first-order valence-electron chi connectivity index (χ1n) is 9.99. The first kappa shape index (κ1) is 21.3. The van der Waals surface area contributed by atoms with Crippen LogP contribution in [0.4, 0.5) is 9.18 Å². The molecule has 1 atom stereocenters. The Kier molecular flexibility index (Phi) is 6.90. The van der Waals surface area contributed by atoms with E-state index in [1.807, 2.05) is 16.3 Å². The zero-order valence-corrected chi connectivity index (χ0v) is 18.0. The number of amides is 3. The fourth-order valence-corrected chi connectivity index (χ4v) is 4.62. The summed E-state index contributed by atoms with van der Waals surface area (Å²) in [5.41, 5.74) is 1.98. The van der Waals surface area contributed by atoms with Crippen LogP contribution in [-0.4, -0.2) is 60.4 Å². The van der Waals surface area contributed by atoms with Crippen LogP contribution in [0.3, 0.4) is 0 Å². The number of benzene rings is 1. The lowest BCUT2D eigenvalue weighted by Gasteiger charge is -2.38. The first-order chi connectivity index (χ1) is 13.9. The fourth-order valence-electron chi connectivity index (χ4n) is 3.72. The highest BCUT2D eigenvalue weighted by Gasteiger charge is 2.34. The Morgan fingerprint density at radius 2 is 1.93 bits per heavy atom. The van der Waals surface area contributed by atoms with E-state index in [2.05, 4.69) is 6.92 Å². The molecule has 5 nitrogen and oxygen atoms in total. The number of hydrogen-bond donors (Lipinski definition) is 0. The van der Waals surface area contributed by atoms with Crippen molar-refractivity contribution in [3.05, 3.63) is 57.5 Å². The number of hydrogen-bond acceptors (Lipinski definition) is 3. The van der Waals surface area contributed by atoms with Gasteiger partial charge in [-0.3, -0.25) is 4.79 Å². The third-order valence-corrected chi connectivity index (χ3v) is 6.23. The SMILES string of the molecule is CCCCN(CC(=O)N1CCc2sccc2C1c1ccc(F)cc1)C(=O)N(C)C. The molecule has 1 aromatic carbocycles. The smallest absolute Gasteiger partial charge is 0.319 e. The quantitative estimate of drug-likeness (QED) is 0.709. The van der Waals surface area contributed by atoms with Crippen LogP contribution in [0.1, 0.15) is 41.8 Å². The Morgan fingerprint density at radius 1 is 1.21 bits per heavy atom. The molecule has 0 bridgehead atoms. The number of urea groups is 1. The van der Waals surface area contributed by atoms with Gasteiger partial charge in [0.25, 0.3) is 0 Å². The second kappa shape index (κ2) is 9.39. The average Bonchev–Trinajstić information content (AvgIpc) is 3.19. The number of rotatable bonds is 6. The third kappa shape index (κ3) is 4.78. The maximum Gasteiger partial charge on any atom is 0.319 e. The van der Waals surface area contributed by atoms with Crippen LogP contribution in [0.2, 0.25) is 0 Å². The Morgan fingerprint density at radius 3 is 2.59 bits per heavy atom. The van der Waals surface area contributed by atoms with E-state index in [0.717, 1.165) is 30.4 Å². The average molecular weight is 418 g/mol. The van der Waals surface area contributed by atoms with Crippen LogP contribution in [0.25, 0.3) is 0 Å². The zero-order chi connectivity index (χ0) is 21.0. The Balaban J connectivity index is 1.87. The maximum absolute atomic E-state index is 13.5. The summed E-state index contributed by atoms with van der Waals surface area (Å²) in [5.74, 6) is -0.377. The van der Waals surface area contributed by atoms with Crippen LogP contribution >= 0.6 is 11.3 Å². The van der Waals surface area contributed by atoms with Crippen molar-refractivity contribution in [3.63, 3.8) is 0 Å². The van der Waals surface area contributed by atoms with Gasteiger partial charge in [0.2, 0.25) is 5.91 Å². The number of nitrogens with zero attached hydrogens (tertiary/aromatic N) is 3. The monoisotopic (exact) mass is 417 g/mol. The van der Waals surface area contributed by atoms with Crippen molar-refractivity contribution >= 4 is 23.3 Å². The number of carbonyl (C=O) groups is 2. The molecule has 0 radical (unpaired) electrons. The molecule has 7 heteroatoms. The van der Waals surface area contributed by atoms with Gasteiger partial charge in [-0.25, -0.2) is 9.18 Å². The molecular formula is C22H28FN3O2S. The summed E-state index contributed by atoms with van der Waals surface area (Å²) in [6, 6.07) is 8.00. The topological polar surface area (TPSA) is 43.9 Å². The lowest BCUT2D eigenvalue weighted by Crippen LogP contribution is -2.49. The van der Waals surface area contributed by atoms with Gasteiger partial charge in [0, 0.05) is 32.1 Å². The van der Waals surface area contributed by atoms with Gasteiger partial charge in [0.05, 0.1) is 6.04 Å². The molecule has 1 aliphatic rings. The highest BCUT2D eigenvalue weighted by atomic mass is 32.1. The Labute approximate surface area is 175 Å². The molecule has 0 saturated heterocycles. The maximum atomic E-state index is 13.5. The predicted octanol–water partition coefficient (Wildman–Crippen LogP) is 4.15. The molecule has 0 spiro atoms. The lowest BCUT2D eigenvalue weighted by atomic mass is 9.93. The van der Waals surface area contributed by atoms with Gasteiger partial charge >= 0.3 is 6.03 Å². The second-order valence-corrected chi connectivity index (χ2v) is 8.54. The van der Waals surface area contributed by atoms with Crippen molar-refractivity contribution < 1.29 is 14.0 Å². The summed E-state index contributed by atoms with van der Waals surface area (Å²) in [7, 11) is 3.40. The molecule has 0 fully saturated rings. The van der Waals surface area contributed by atoms with Crippen molar-refractivity contribution in [2.24, 2.45) is 0 Å². The summed E-state index contributed by atoms with van der Waals surface area (Å²) >= 11 is 1.69. The predicted molar refractivity (Wildman–Crippen MR) is 114 cm³/mol. The summed E-state index contributed by atoms with van der Waals surface area (Å²) in [4.78, 5) is 32.1. The Hall–Kier alpha value is -2.41. The normalized spacial score (nSPS) is 15.7. The van der Waals surface area contributed by atoms with Crippen LogP contribution in [0, 0.1) is 5.82 Å². The molecule has 2 heterocycles. The molecule has 2 aromatic rings. The van der Waals surface area contributed by atoms with E-state index in [9.17, 15) is 14.0 Å². The summed E-state index contributed by atoms with van der Waals surface area (Å²) in [6.45, 7) is 3.26. The summed E-state index contributed by atoms with van der Waals surface area (Å²) in [5, 5.41) is 2.04. The summed E-state index contributed by atoms with van der Waals surface area (Å²) < 4.78 is 13.5. The number of halogens is 1. The van der Waals surface area contributed by atoms with E-state index >= 15 is 0 Å². The number of unbranched alkanes of at least 4 members (excludes halogenated alkanes) is 1. The van der Waals surface area contributed by atoms with Crippen LogP contribution < -0.4 is 0 Å². The highest BCUT2D eigenvalue weighted by molar-refractivity contribution is 7.10. The molecule has 156 valence electrons. The Bertz CT molecular complexity index is 850. The first-order valence-corrected chi connectivity index (χ1v) is 10.9. The minimum Gasteiger partial charge on any atom is -0.331 e. The largest absolute Gasteiger partial charge is 0.331 e. The molecular weight excluding hydrogens is 389 g/mol. The van der Waals surface area contributed by atoms with E-state index in [1.54, 1.807) is 42.5 Å². The summed E-state index contributed by atoms with van der Waals surface area (Å²) in [6.07, 6.45) is 2.60. The van der Waals surface area contributed by atoms with Gasteiger partial charge in [-0.05, 0) is 47.5 Å². The molecule has 3 amide bonds. The molecule has 29 heavy (non-hydrogen) atoms. The molecule has 0 aliphatic carbocycles. The van der Waals surface area contributed by atoms with Crippen LogP contribution in [0.5, 0.6) is 0 Å². The molecule has 3 rings (SSSR count). The van der Waals surface area contributed by atoms with E-state index < -0.39 is 0 Å². The van der Waals surface area contributed by atoms with Gasteiger partial charge < -0.3 is 14.7 Å². The van der Waals surface area contributed by atoms with E-state index in [-0.39, 0.29) is 30.3 Å². The van der Waals surface area contributed by atoms with Gasteiger partial charge in [-0.2, -0.15) is 0 Å². The number of fused-ring (bicyclic) bond motifs is 1. The third-order valence-electron chi connectivity index (χ3n) is 5.23. The van der Waals surface area contributed by atoms with Crippen molar-refractivity contribution in [1.82, 2.24) is 14.7 Å². The lowest BCUT2D eigenvalue weighted by molar-refractivity contribution is -0.134. The number of carbonyl (C=O) groups excluding carboxylic acids is 2. The highest BCUT2D eigenvalue weighted by Crippen LogP contribution is 2.37. The number of thiophene rings is 1. The van der Waals surface area contributed by atoms with Gasteiger partial charge in [0.15, 0.2) is 0 Å². The van der Waals surface area contributed by atoms with Gasteiger partial charge in [-0.15, -0.1) is 11.3 Å².